The van der Waals surface area contributed by atoms with Crippen LogP contribution in [0.1, 0.15) is 18.4 Å². The number of carbonyl (C=O) groups is 1. The van der Waals surface area contributed by atoms with E-state index < -0.39 is 0 Å². The molecule has 1 aromatic rings. The fraction of sp³-hybridized carbons (Fsp3) is 0.533. The number of fused-ring (bicyclic) bond motifs is 1. The maximum absolute atomic E-state index is 12.5. The number of rotatable bonds is 2. The number of amides is 1. The Hall–Kier alpha value is -1.55. The Labute approximate surface area is 113 Å². The number of anilines is 1. The fourth-order valence-electron chi connectivity index (χ4n) is 2.88. The lowest BCUT2D eigenvalue weighted by Gasteiger charge is -2.32. The fourth-order valence-corrected chi connectivity index (χ4v) is 2.88. The number of hydrogen-bond acceptors (Lipinski definition) is 3. The lowest BCUT2D eigenvalue weighted by Crippen LogP contribution is -2.47. The van der Waals surface area contributed by atoms with E-state index in [1.54, 1.807) is 0 Å². The number of benzene rings is 1. The second-order valence-electron chi connectivity index (χ2n) is 5.36. The largest absolute Gasteiger partial charge is 0.379 e. The highest BCUT2D eigenvalue weighted by Gasteiger charge is 2.31. The normalized spacial score (nSPS) is 25.5. The van der Waals surface area contributed by atoms with E-state index in [-0.39, 0.29) is 18.0 Å². The summed E-state index contributed by atoms with van der Waals surface area (Å²) in [4.78, 5) is 14.4. The summed E-state index contributed by atoms with van der Waals surface area (Å²) in [5.41, 5.74) is 2.40. The van der Waals surface area contributed by atoms with Gasteiger partial charge in [0.2, 0.25) is 5.91 Å². The minimum absolute atomic E-state index is 0.0968. The second-order valence-corrected chi connectivity index (χ2v) is 5.36. The third-order valence-electron chi connectivity index (χ3n) is 4.15. The summed E-state index contributed by atoms with van der Waals surface area (Å²) >= 11 is 0. The van der Waals surface area contributed by atoms with Crippen LogP contribution in [0.2, 0.25) is 0 Å². The molecule has 3 rings (SSSR count). The van der Waals surface area contributed by atoms with Crippen molar-refractivity contribution in [1.82, 2.24) is 4.90 Å². The van der Waals surface area contributed by atoms with Crippen LogP contribution in [0, 0.1) is 0 Å². The van der Waals surface area contributed by atoms with Crippen molar-refractivity contribution in [2.24, 2.45) is 0 Å². The van der Waals surface area contributed by atoms with Gasteiger partial charge in [0.1, 0.15) is 6.04 Å². The van der Waals surface area contributed by atoms with Crippen LogP contribution in [0.25, 0.3) is 0 Å². The first kappa shape index (κ1) is 12.5. The summed E-state index contributed by atoms with van der Waals surface area (Å²) in [5, 5.41) is 3.37. The van der Waals surface area contributed by atoms with Crippen molar-refractivity contribution in [3.8, 4) is 0 Å². The van der Waals surface area contributed by atoms with Gasteiger partial charge in [-0.15, -0.1) is 0 Å². The molecule has 102 valence electrons. The molecule has 2 unspecified atom stereocenters. The van der Waals surface area contributed by atoms with Gasteiger partial charge in [-0.2, -0.15) is 0 Å². The topological polar surface area (TPSA) is 41.6 Å². The van der Waals surface area contributed by atoms with Gasteiger partial charge in [-0.3, -0.25) is 4.79 Å². The third-order valence-corrected chi connectivity index (χ3v) is 4.15. The van der Waals surface area contributed by atoms with Crippen LogP contribution >= 0.6 is 0 Å². The van der Waals surface area contributed by atoms with Gasteiger partial charge in [0.15, 0.2) is 0 Å². The van der Waals surface area contributed by atoms with Gasteiger partial charge >= 0.3 is 0 Å². The summed E-state index contributed by atoms with van der Waals surface area (Å²) < 4.78 is 5.36. The van der Waals surface area contributed by atoms with E-state index in [9.17, 15) is 4.79 Å². The molecule has 1 aromatic carbocycles. The molecule has 2 aliphatic heterocycles. The zero-order chi connectivity index (χ0) is 13.2. The van der Waals surface area contributed by atoms with E-state index in [2.05, 4.69) is 11.4 Å². The molecule has 1 amide bonds. The van der Waals surface area contributed by atoms with Crippen molar-refractivity contribution >= 4 is 11.6 Å². The third kappa shape index (κ3) is 2.45. The highest BCUT2D eigenvalue weighted by atomic mass is 16.5. The van der Waals surface area contributed by atoms with E-state index in [1.807, 2.05) is 30.1 Å². The maximum atomic E-state index is 12.5. The van der Waals surface area contributed by atoms with E-state index in [0.29, 0.717) is 6.61 Å². The minimum Gasteiger partial charge on any atom is -0.379 e. The summed E-state index contributed by atoms with van der Waals surface area (Å²) in [6.45, 7) is 1.44. The first-order chi connectivity index (χ1) is 9.25. The van der Waals surface area contributed by atoms with E-state index >= 15 is 0 Å². The Morgan fingerprint density at radius 1 is 1.37 bits per heavy atom. The molecule has 1 N–H and O–H groups in total. The van der Waals surface area contributed by atoms with E-state index in [1.165, 1.54) is 5.56 Å². The van der Waals surface area contributed by atoms with Gasteiger partial charge < -0.3 is 15.0 Å². The Morgan fingerprint density at radius 3 is 3.00 bits per heavy atom. The van der Waals surface area contributed by atoms with Crippen LogP contribution < -0.4 is 5.32 Å². The van der Waals surface area contributed by atoms with Crippen LogP contribution in [-0.4, -0.2) is 43.2 Å². The second kappa shape index (κ2) is 5.21. The van der Waals surface area contributed by atoms with Crippen molar-refractivity contribution in [2.75, 3.05) is 25.6 Å². The van der Waals surface area contributed by atoms with Gasteiger partial charge in [-0.25, -0.2) is 0 Å². The number of aryl methyl sites for hydroxylation is 1. The molecule has 4 heteroatoms. The Balaban J connectivity index is 1.68. The molecule has 19 heavy (non-hydrogen) atoms. The zero-order valence-corrected chi connectivity index (χ0v) is 11.3. The van der Waals surface area contributed by atoms with E-state index in [4.69, 9.17) is 4.74 Å². The van der Waals surface area contributed by atoms with Gasteiger partial charge in [0.05, 0.1) is 12.6 Å². The number of ether oxygens (including phenoxy) is 1. The molecule has 0 spiro atoms. The summed E-state index contributed by atoms with van der Waals surface area (Å²) in [5.74, 6) is 0.185. The van der Waals surface area contributed by atoms with Gasteiger partial charge in [0.25, 0.3) is 0 Å². The number of nitrogens with one attached hydrogen (secondary N) is 1. The summed E-state index contributed by atoms with van der Waals surface area (Å²) in [6.07, 6.45) is 2.79. The predicted molar refractivity (Wildman–Crippen MR) is 74.2 cm³/mol. The van der Waals surface area contributed by atoms with Gasteiger partial charge in [-0.05, 0) is 30.9 Å². The van der Waals surface area contributed by atoms with Gasteiger partial charge in [-0.1, -0.05) is 18.2 Å². The smallest absolute Gasteiger partial charge is 0.245 e. The molecule has 0 aromatic heterocycles. The van der Waals surface area contributed by atoms with Crippen molar-refractivity contribution < 1.29 is 9.53 Å². The van der Waals surface area contributed by atoms with Crippen LogP contribution in [0.15, 0.2) is 24.3 Å². The standard InChI is InChI=1S/C15H20N2O2/c1-17(12-8-9-19-10-12)15(18)14-7-6-11-4-2-3-5-13(11)16-14/h2-5,12,14,16H,6-10H2,1H3. The number of likely N-dealkylation sites (N-methyl/N-ethyl adjacent to an activating group) is 1. The molecule has 1 fully saturated rings. The lowest BCUT2D eigenvalue weighted by molar-refractivity contribution is -0.133. The molecule has 0 radical (unpaired) electrons. The first-order valence-electron chi connectivity index (χ1n) is 6.94. The lowest BCUT2D eigenvalue weighted by atomic mass is 9.97. The van der Waals surface area contributed by atoms with Crippen molar-refractivity contribution in [2.45, 2.75) is 31.3 Å². The molecule has 0 saturated carbocycles. The highest BCUT2D eigenvalue weighted by molar-refractivity contribution is 5.85. The minimum atomic E-state index is -0.0968. The Bertz CT molecular complexity index is 469. The SMILES string of the molecule is CN(C(=O)C1CCc2ccccc2N1)C1CCOC1. The van der Waals surface area contributed by atoms with Crippen LogP contribution in [0.3, 0.4) is 0 Å². The predicted octanol–water partition coefficient (Wildman–Crippen LogP) is 1.66. The van der Waals surface area contributed by atoms with Crippen LogP contribution in [0.5, 0.6) is 0 Å². The summed E-state index contributed by atoms with van der Waals surface area (Å²) in [7, 11) is 1.89. The molecule has 1 saturated heterocycles. The monoisotopic (exact) mass is 260 g/mol. The zero-order valence-electron chi connectivity index (χ0n) is 11.3. The van der Waals surface area contributed by atoms with E-state index in [0.717, 1.165) is 31.6 Å². The molecule has 2 aliphatic rings. The van der Waals surface area contributed by atoms with Gasteiger partial charge in [0, 0.05) is 19.3 Å². The molecular weight excluding hydrogens is 240 g/mol. The molecule has 0 aliphatic carbocycles. The quantitative estimate of drug-likeness (QED) is 0.879. The Morgan fingerprint density at radius 2 is 2.21 bits per heavy atom. The number of nitrogens with zero attached hydrogens (tertiary/aromatic N) is 1. The maximum Gasteiger partial charge on any atom is 0.245 e. The number of hydrogen-bond donors (Lipinski definition) is 1. The van der Waals surface area contributed by atoms with Crippen molar-refractivity contribution in [3.63, 3.8) is 0 Å². The molecule has 0 bridgehead atoms. The van der Waals surface area contributed by atoms with Crippen molar-refractivity contribution in [1.29, 1.82) is 0 Å². The first-order valence-corrected chi connectivity index (χ1v) is 6.94. The highest BCUT2D eigenvalue weighted by Crippen LogP contribution is 2.25. The molecule has 2 atom stereocenters. The van der Waals surface area contributed by atoms with Crippen molar-refractivity contribution in [3.05, 3.63) is 29.8 Å². The van der Waals surface area contributed by atoms with Crippen LogP contribution in [-0.2, 0) is 16.0 Å². The molecule has 2 heterocycles. The van der Waals surface area contributed by atoms with Crippen LogP contribution in [0.4, 0.5) is 5.69 Å². The number of carbonyl (C=O) groups excluding carboxylic acids is 1. The average Bonchev–Trinajstić information content (AvgIpc) is 2.99. The molecule has 4 nitrogen and oxygen atoms in total. The summed E-state index contributed by atoms with van der Waals surface area (Å²) in [6, 6.07) is 8.37. The number of para-hydroxylation sites is 1. The average molecular weight is 260 g/mol. The molecular formula is C15H20N2O2. The Kier molecular flexibility index (Phi) is 3.42.